The van der Waals surface area contributed by atoms with E-state index in [4.69, 9.17) is 4.74 Å². The molecule has 1 aromatic carbocycles. The van der Waals surface area contributed by atoms with E-state index in [1.165, 1.54) is 12.1 Å². The van der Waals surface area contributed by atoms with Crippen molar-refractivity contribution in [2.45, 2.75) is 31.1 Å². The van der Waals surface area contributed by atoms with Crippen LogP contribution in [-0.2, 0) is 14.8 Å². The second kappa shape index (κ2) is 5.79. The van der Waals surface area contributed by atoms with Crippen LogP contribution in [0, 0.1) is 18.2 Å². The Bertz CT molecular complexity index is 582. The Kier molecular flexibility index (Phi) is 4.46. The molecule has 1 N–H and O–H groups in total. The van der Waals surface area contributed by atoms with Crippen molar-refractivity contribution in [3.8, 4) is 0 Å². The third kappa shape index (κ3) is 3.19. The number of halogens is 1. The molecule has 1 aromatic rings. The lowest BCUT2D eigenvalue weighted by atomic mass is 9.69. The third-order valence-electron chi connectivity index (χ3n) is 3.96. The van der Waals surface area contributed by atoms with Gasteiger partial charge in [0.2, 0.25) is 10.0 Å². The Hall–Kier alpha value is -0.980. The second-order valence-electron chi connectivity index (χ2n) is 5.52. The molecule has 1 fully saturated rings. The Morgan fingerprint density at radius 1 is 1.40 bits per heavy atom. The Morgan fingerprint density at radius 3 is 2.60 bits per heavy atom. The molecule has 1 saturated carbocycles. The number of hydrogen-bond acceptors (Lipinski definition) is 3. The topological polar surface area (TPSA) is 55.4 Å². The van der Waals surface area contributed by atoms with Crippen molar-refractivity contribution in [1.82, 2.24) is 4.72 Å². The Balaban J connectivity index is 2.09. The van der Waals surface area contributed by atoms with E-state index < -0.39 is 15.8 Å². The van der Waals surface area contributed by atoms with Gasteiger partial charge in [0.25, 0.3) is 0 Å². The van der Waals surface area contributed by atoms with Gasteiger partial charge in [-0.1, -0.05) is 12.5 Å². The Labute approximate surface area is 119 Å². The molecule has 6 heteroatoms. The highest BCUT2D eigenvalue weighted by Gasteiger charge is 2.38. The first kappa shape index (κ1) is 15.4. The van der Waals surface area contributed by atoms with Crippen molar-refractivity contribution in [3.63, 3.8) is 0 Å². The summed E-state index contributed by atoms with van der Waals surface area (Å²) in [4.78, 5) is -0.0347. The molecule has 0 aliphatic heterocycles. The van der Waals surface area contributed by atoms with Gasteiger partial charge in [0.05, 0.1) is 11.5 Å². The fourth-order valence-electron chi connectivity index (χ4n) is 2.43. The largest absolute Gasteiger partial charge is 0.384 e. The number of nitrogens with one attached hydrogen (secondary N) is 1. The molecule has 0 aromatic heterocycles. The number of sulfonamides is 1. The van der Waals surface area contributed by atoms with Gasteiger partial charge >= 0.3 is 0 Å². The van der Waals surface area contributed by atoms with Crippen LogP contribution in [0.2, 0.25) is 0 Å². The van der Waals surface area contributed by atoms with Gasteiger partial charge in [-0.25, -0.2) is 17.5 Å². The molecule has 0 bridgehead atoms. The van der Waals surface area contributed by atoms with E-state index in [0.717, 1.165) is 25.3 Å². The van der Waals surface area contributed by atoms with Gasteiger partial charge in [-0.3, -0.25) is 0 Å². The van der Waals surface area contributed by atoms with Crippen molar-refractivity contribution in [1.29, 1.82) is 0 Å². The average Bonchev–Trinajstić information content (AvgIpc) is 2.35. The maximum absolute atomic E-state index is 13.5. The molecule has 1 aliphatic rings. The van der Waals surface area contributed by atoms with E-state index in [1.54, 1.807) is 14.0 Å². The molecule has 2 rings (SSSR count). The number of benzene rings is 1. The van der Waals surface area contributed by atoms with Crippen LogP contribution in [0.25, 0.3) is 0 Å². The summed E-state index contributed by atoms with van der Waals surface area (Å²) < 4.78 is 45.5. The minimum absolute atomic E-state index is 0.0347. The second-order valence-corrected chi connectivity index (χ2v) is 7.29. The van der Waals surface area contributed by atoms with Gasteiger partial charge in [-0.15, -0.1) is 0 Å². The lowest BCUT2D eigenvalue weighted by Crippen LogP contribution is -2.45. The van der Waals surface area contributed by atoms with Crippen molar-refractivity contribution >= 4 is 10.0 Å². The number of ether oxygens (including phenoxy) is 1. The van der Waals surface area contributed by atoms with E-state index in [2.05, 4.69) is 4.72 Å². The molecule has 0 amide bonds. The van der Waals surface area contributed by atoms with Crippen LogP contribution in [-0.4, -0.2) is 28.7 Å². The summed E-state index contributed by atoms with van der Waals surface area (Å²) in [5.41, 5.74) is 0.323. The zero-order valence-electron chi connectivity index (χ0n) is 11.8. The van der Waals surface area contributed by atoms with Crippen molar-refractivity contribution in [2.24, 2.45) is 5.41 Å². The summed E-state index contributed by atoms with van der Waals surface area (Å²) >= 11 is 0. The smallest absolute Gasteiger partial charge is 0.240 e. The summed E-state index contributed by atoms with van der Waals surface area (Å²) in [6, 6.07) is 3.95. The van der Waals surface area contributed by atoms with Crippen LogP contribution in [0.5, 0.6) is 0 Å². The highest BCUT2D eigenvalue weighted by atomic mass is 32.2. The van der Waals surface area contributed by atoms with Gasteiger partial charge in [-0.2, -0.15) is 0 Å². The normalized spacial score (nSPS) is 17.8. The van der Waals surface area contributed by atoms with E-state index in [1.807, 2.05) is 0 Å². The molecule has 0 spiro atoms. The molecular formula is C14H20FNO3S. The highest BCUT2D eigenvalue weighted by Crippen LogP contribution is 2.40. The van der Waals surface area contributed by atoms with E-state index >= 15 is 0 Å². The van der Waals surface area contributed by atoms with Gasteiger partial charge in [0.15, 0.2) is 0 Å². The van der Waals surface area contributed by atoms with Crippen LogP contribution < -0.4 is 4.72 Å². The third-order valence-corrected chi connectivity index (χ3v) is 5.35. The van der Waals surface area contributed by atoms with Gasteiger partial charge in [0, 0.05) is 19.1 Å². The molecule has 0 heterocycles. The molecular weight excluding hydrogens is 281 g/mol. The zero-order valence-corrected chi connectivity index (χ0v) is 12.6. The quantitative estimate of drug-likeness (QED) is 0.876. The lowest BCUT2D eigenvalue weighted by Gasteiger charge is -2.41. The standard InChI is InChI=1S/C14H20FNO3S/c1-11-4-5-12(8-13(11)15)20(17,18)16-9-14(10-19-2)6-3-7-14/h4-5,8,16H,3,6-7,9-10H2,1-2H3. The molecule has 112 valence electrons. The number of aryl methyl sites for hydroxylation is 1. The van der Waals surface area contributed by atoms with Gasteiger partial charge in [-0.05, 0) is 37.5 Å². The van der Waals surface area contributed by atoms with Gasteiger partial charge in [0.1, 0.15) is 5.82 Å². The van der Waals surface area contributed by atoms with E-state index in [9.17, 15) is 12.8 Å². The van der Waals surface area contributed by atoms with Crippen molar-refractivity contribution < 1.29 is 17.5 Å². The summed E-state index contributed by atoms with van der Waals surface area (Å²) in [5, 5.41) is 0. The van der Waals surface area contributed by atoms with Crippen molar-refractivity contribution in [3.05, 3.63) is 29.6 Å². The SMILES string of the molecule is COCC1(CNS(=O)(=O)c2ccc(C)c(F)c2)CCC1. The summed E-state index contributed by atoms with van der Waals surface area (Å²) in [6.45, 7) is 2.47. The van der Waals surface area contributed by atoms with Crippen LogP contribution in [0.15, 0.2) is 23.1 Å². The Morgan fingerprint density at radius 2 is 2.10 bits per heavy atom. The molecule has 1 aliphatic carbocycles. The monoisotopic (exact) mass is 301 g/mol. The molecule has 20 heavy (non-hydrogen) atoms. The predicted molar refractivity (Wildman–Crippen MR) is 74.5 cm³/mol. The first-order valence-corrected chi connectivity index (χ1v) is 8.12. The van der Waals surface area contributed by atoms with Crippen LogP contribution in [0.4, 0.5) is 4.39 Å². The van der Waals surface area contributed by atoms with Gasteiger partial charge < -0.3 is 4.74 Å². The maximum Gasteiger partial charge on any atom is 0.240 e. The molecule has 4 nitrogen and oxygen atoms in total. The van der Waals surface area contributed by atoms with E-state index in [0.29, 0.717) is 18.7 Å². The predicted octanol–water partition coefficient (Wildman–Crippen LogP) is 2.23. The number of hydrogen-bond donors (Lipinski definition) is 1. The van der Waals surface area contributed by atoms with E-state index in [-0.39, 0.29) is 10.3 Å². The van der Waals surface area contributed by atoms with Crippen LogP contribution >= 0.6 is 0 Å². The molecule has 0 radical (unpaired) electrons. The van der Waals surface area contributed by atoms with Crippen molar-refractivity contribution in [2.75, 3.05) is 20.3 Å². The molecule has 0 unspecified atom stereocenters. The summed E-state index contributed by atoms with van der Waals surface area (Å²) in [7, 11) is -2.06. The minimum atomic E-state index is -3.67. The number of methoxy groups -OCH3 is 1. The maximum atomic E-state index is 13.5. The van der Waals surface area contributed by atoms with Crippen LogP contribution in [0.1, 0.15) is 24.8 Å². The first-order valence-electron chi connectivity index (χ1n) is 6.63. The first-order chi connectivity index (χ1) is 9.38. The minimum Gasteiger partial charge on any atom is -0.384 e. The molecule has 0 atom stereocenters. The summed E-state index contributed by atoms with van der Waals surface area (Å²) in [6.07, 6.45) is 2.99. The average molecular weight is 301 g/mol. The lowest BCUT2D eigenvalue weighted by molar-refractivity contribution is 0.0220. The van der Waals surface area contributed by atoms with Crippen LogP contribution in [0.3, 0.4) is 0 Å². The number of rotatable bonds is 6. The highest BCUT2D eigenvalue weighted by molar-refractivity contribution is 7.89. The summed E-state index contributed by atoms with van der Waals surface area (Å²) in [5.74, 6) is -0.511. The fourth-order valence-corrected chi connectivity index (χ4v) is 3.60. The molecule has 0 saturated heterocycles. The zero-order chi connectivity index (χ0) is 14.8. The fraction of sp³-hybridized carbons (Fsp3) is 0.571.